The summed E-state index contributed by atoms with van der Waals surface area (Å²) >= 11 is 6.92. The third kappa shape index (κ3) is 4.99. The first kappa shape index (κ1) is 25.4. The Morgan fingerprint density at radius 2 is 1.94 bits per heavy atom. The van der Waals surface area contributed by atoms with E-state index in [0.29, 0.717) is 5.52 Å². The van der Waals surface area contributed by atoms with Gasteiger partial charge in [0.2, 0.25) is 5.91 Å². The molecule has 4 rings (SSSR count). The summed E-state index contributed by atoms with van der Waals surface area (Å²) in [4.78, 5) is 41.4. The van der Waals surface area contributed by atoms with Crippen molar-refractivity contribution in [1.82, 2.24) is 18.7 Å². The normalized spacial score (nSPS) is 11.8. The standard InChI is InChI=1S/C21H16ClF4N5O4S/c1-29-14-3-4-31(16(14)18(33)30(2)20(29)34)7-15(32)28-19-27-13(8-36-19)10-5-11(22)17(12(23)6-10)35-9-21(24,25)26/h3-6,8H,7,9H2,1-2H3,(H,27,28,32). The van der Waals surface area contributed by atoms with Crippen LogP contribution in [-0.4, -0.2) is 37.4 Å². The van der Waals surface area contributed by atoms with Gasteiger partial charge in [0.1, 0.15) is 12.1 Å². The fourth-order valence-electron chi connectivity index (χ4n) is 3.45. The second-order valence-electron chi connectivity index (χ2n) is 7.64. The monoisotopic (exact) mass is 545 g/mol. The number of ether oxygens (including phenoxy) is 1. The highest BCUT2D eigenvalue weighted by atomic mass is 35.5. The average molecular weight is 546 g/mol. The molecule has 15 heteroatoms. The van der Waals surface area contributed by atoms with Gasteiger partial charge in [-0.2, -0.15) is 13.2 Å². The van der Waals surface area contributed by atoms with Crippen molar-refractivity contribution in [3.63, 3.8) is 0 Å². The number of nitrogens with one attached hydrogen (secondary N) is 1. The molecule has 36 heavy (non-hydrogen) atoms. The smallest absolute Gasteiger partial charge is 0.422 e. The Balaban J connectivity index is 1.51. The van der Waals surface area contributed by atoms with Crippen molar-refractivity contribution in [3.05, 3.63) is 61.5 Å². The Labute approximate surface area is 208 Å². The lowest BCUT2D eigenvalue weighted by Gasteiger charge is -2.12. The Morgan fingerprint density at radius 3 is 2.61 bits per heavy atom. The summed E-state index contributed by atoms with van der Waals surface area (Å²) in [6.07, 6.45) is -3.15. The number of nitrogens with zero attached hydrogens (tertiary/aromatic N) is 4. The van der Waals surface area contributed by atoms with Gasteiger partial charge in [-0.1, -0.05) is 11.6 Å². The van der Waals surface area contributed by atoms with Crippen LogP contribution in [0.25, 0.3) is 22.3 Å². The number of carbonyl (C=O) groups is 1. The Morgan fingerprint density at radius 1 is 1.22 bits per heavy atom. The summed E-state index contributed by atoms with van der Waals surface area (Å²) in [6.45, 7) is -1.95. The van der Waals surface area contributed by atoms with Crippen molar-refractivity contribution in [2.24, 2.45) is 14.1 Å². The van der Waals surface area contributed by atoms with Crippen LogP contribution in [0.1, 0.15) is 0 Å². The number of amides is 1. The summed E-state index contributed by atoms with van der Waals surface area (Å²) in [5, 5.41) is 3.84. The van der Waals surface area contributed by atoms with E-state index in [1.165, 1.54) is 40.9 Å². The molecule has 9 nitrogen and oxygen atoms in total. The van der Waals surface area contributed by atoms with Crippen LogP contribution >= 0.6 is 22.9 Å². The molecule has 1 aromatic carbocycles. The first-order chi connectivity index (χ1) is 16.9. The number of anilines is 1. The van der Waals surface area contributed by atoms with E-state index < -0.39 is 41.5 Å². The van der Waals surface area contributed by atoms with Crippen molar-refractivity contribution >= 4 is 45.0 Å². The van der Waals surface area contributed by atoms with E-state index in [0.717, 1.165) is 22.0 Å². The zero-order valence-corrected chi connectivity index (χ0v) is 20.1. The average Bonchev–Trinajstić information content (AvgIpc) is 3.42. The first-order valence-corrected chi connectivity index (χ1v) is 11.3. The highest BCUT2D eigenvalue weighted by molar-refractivity contribution is 7.14. The van der Waals surface area contributed by atoms with Crippen LogP contribution in [0.15, 0.2) is 39.4 Å². The molecule has 3 heterocycles. The molecule has 1 amide bonds. The lowest BCUT2D eigenvalue weighted by molar-refractivity contribution is -0.153. The van der Waals surface area contributed by atoms with Gasteiger partial charge in [0, 0.05) is 31.2 Å². The lowest BCUT2D eigenvalue weighted by atomic mass is 10.1. The van der Waals surface area contributed by atoms with Crippen LogP contribution in [-0.2, 0) is 25.4 Å². The quantitative estimate of drug-likeness (QED) is 0.374. The van der Waals surface area contributed by atoms with Crippen LogP contribution in [0, 0.1) is 5.82 Å². The van der Waals surface area contributed by atoms with Crippen LogP contribution in [0.2, 0.25) is 5.02 Å². The van der Waals surface area contributed by atoms with Crippen LogP contribution in [0.5, 0.6) is 5.75 Å². The predicted octanol–water partition coefficient (Wildman–Crippen LogP) is 3.53. The molecule has 0 fully saturated rings. The number of hydrogen-bond acceptors (Lipinski definition) is 6. The van der Waals surface area contributed by atoms with Gasteiger partial charge in [-0.25, -0.2) is 14.2 Å². The molecule has 0 saturated carbocycles. The molecule has 3 aromatic heterocycles. The number of carbonyl (C=O) groups excluding carboxylic acids is 1. The maximum atomic E-state index is 14.3. The van der Waals surface area contributed by atoms with Crippen LogP contribution in [0.4, 0.5) is 22.7 Å². The molecule has 0 spiro atoms. The van der Waals surface area contributed by atoms with E-state index in [4.69, 9.17) is 11.6 Å². The second-order valence-corrected chi connectivity index (χ2v) is 8.91. The number of fused-ring (bicyclic) bond motifs is 1. The van der Waals surface area contributed by atoms with Gasteiger partial charge >= 0.3 is 11.9 Å². The third-order valence-electron chi connectivity index (χ3n) is 5.12. The largest absolute Gasteiger partial charge is 0.479 e. The minimum absolute atomic E-state index is 0.153. The van der Waals surface area contributed by atoms with Gasteiger partial charge in [0.05, 0.1) is 16.2 Å². The molecule has 0 unspecified atom stereocenters. The van der Waals surface area contributed by atoms with E-state index in [1.54, 1.807) is 6.07 Å². The molecule has 1 N–H and O–H groups in total. The second kappa shape index (κ2) is 9.43. The molecule has 190 valence electrons. The Kier molecular flexibility index (Phi) is 6.66. The summed E-state index contributed by atoms with van der Waals surface area (Å²) in [5.74, 6) is -2.36. The number of thiazole rings is 1. The maximum Gasteiger partial charge on any atom is 0.422 e. The van der Waals surface area contributed by atoms with Crippen molar-refractivity contribution in [3.8, 4) is 17.0 Å². The predicted molar refractivity (Wildman–Crippen MR) is 125 cm³/mol. The Bertz CT molecular complexity index is 1580. The highest BCUT2D eigenvalue weighted by Gasteiger charge is 2.29. The third-order valence-corrected chi connectivity index (χ3v) is 6.16. The summed E-state index contributed by atoms with van der Waals surface area (Å²) in [6, 6.07) is 3.67. The summed E-state index contributed by atoms with van der Waals surface area (Å²) in [7, 11) is 2.85. The fraction of sp³-hybridized carbons (Fsp3) is 0.238. The molecule has 0 atom stereocenters. The fourth-order valence-corrected chi connectivity index (χ4v) is 4.44. The number of benzene rings is 1. The molecule has 0 aliphatic rings. The Hall–Kier alpha value is -3.65. The van der Waals surface area contributed by atoms with Crippen LogP contribution < -0.4 is 21.3 Å². The minimum atomic E-state index is -4.66. The topological polar surface area (TPSA) is 100 Å². The number of halogens is 5. The van der Waals surface area contributed by atoms with E-state index in [9.17, 15) is 31.9 Å². The molecule has 0 aliphatic carbocycles. The van der Waals surface area contributed by atoms with Gasteiger partial charge < -0.3 is 14.6 Å². The number of aryl methyl sites for hydroxylation is 1. The highest BCUT2D eigenvalue weighted by Crippen LogP contribution is 2.35. The lowest BCUT2D eigenvalue weighted by Crippen LogP contribution is -2.37. The minimum Gasteiger partial charge on any atom is -0.479 e. The van der Waals surface area contributed by atoms with E-state index in [2.05, 4.69) is 15.0 Å². The number of rotatable bonds is 6. The molecule has 0 aliphatic heterocycles. The molecule has 0 bridgehead atoms. The van der Waals surface area contributed by atoms with Gasteiger partial charge in [0.25, 0.3) is 5.56 Å². The van der Waals surface area contributed by atoms with Gasteiger partial charge in [-0.05, 0) is 18.2 Å². The summed E-state index contributed by atoms with van der Waals surface area (Å²) < 4.78 is 59.5. The molecule has 4 aromatic rings. The SMILES string of the molecule is Cn1c(=O)c2c(ccn2CC(=O)Nc2nc(-c3cc(F)c(OCC(F)(F)F)c(Cl)c3)cs2)n(C)c1=O. The first-order valence-electron chi connectivity index (χ1n) is 10.0. The van der Waals surface area contributed by atoms with E-state index in [1.807, 2.05) is 0 Å². The van der Waals surface area contributed by atoms with Gasteiger partial charge in [0.15, 0.2) is 23.3 Å². The number of alkyl halides is 3. The summed E-state index contributed by atoms with van der Waals surface area (Å²) in [5.41, 5.74) is -0.129. The zero-order valence-electron chi connectivity index (χ0n) is 18.5. The molecule has 0 radical (unpaired) electrons. The van der Waals surface area contributed by atoms with Crippen molar-refractivity contribution in [2.45, 2.75) is 12.7 Å². The van der Waals surface area contributed by atoms with E-state index in [-0.39, 0.29) is 33.5 Å². The molecular weight excluding hydrogens is 530 g/mol. The zero-order chi connectivity index (χ0) is 26.4. The van der Waals surface area contributed by atoms with Crippen molar-refractivity contribution < 1.29 is 27.1 Å². The van der Waals surface area contributed by atoms with E-state index >= 15 is 0 Å². The van der Waals surface area contributed by atoms with Crippen LogP contribution in [0.3, 0.4) is 0 Å². The number of hydrogen-bond donors (Lipinski definition) is 1. The maximum absolute atomic E-state index is 14.3. The van der Waals surface area contributed by atoms with Gasteiger partial charge in [-0.15, -0.1) is 11.3 Å². The molecular formula is C21H16ClF4N5O4S. The van der Waals surface area contributed by atoms with Crippen molar-refractivity contribution in [1.29, 1.82) is 0 Å². The molecule has 0 saturated heterocycles. The van der Waals surface area contributed by atoms with Crippen molar-refractivity contribution in [2.75, 3.05) is 11.9 Å². The van der Waals surface area contributed by atoms with Gasteiger partial charge in [-0.3, -0.25) is 18.7 Å². The number of aromatic nitrogens is 4.